The third-order valence-corrected chi connectivity index (χ3v) is 3.80. The molecule has 3 unspecified atom stereocenters. The Morgan fingerprint density at radius 3 is 2.69 bits per heavy atom. The number of alkyl halides is 1. The van der Waals surface area contributed by atoms with E-state index in [4.69, 9.17) is 11.6 Å². The fourth-order valence-electron chi connectivity index (χ4n) is 2.35. The fourth-order valence-corrected chi connectivity index (χ4v) is 2.75. The molecule has 0 aromatic heterocycles. The second-order valence-electron chi connectivity index (χ2n) is 4.73. The lowest BCUT2D eigenvalue weighted by atomic mass is 9.89. The Labute approximate surface area is 88.1 Å². The van der Waals surface area contributed by atoms with Crippen LogP contribution in [0, 0.1) is 11.8 Å². The van der Waals surface area contributed by atoms with Gasteiger partial charge in [0.1, 0.15) is 0 Å². The van der Waals surface area contributed by atoms with Crippen molar-refractivity contribution in [2.45, 2.75) is 64.2 Å². The Morgan fingerprint density at radius 1 is 1.31 bits per heavy atom. The van der Waals surface area contributed by atoms with Crippen molar-refractivity contribution in [1.82, 2.24) is 0 Å². The molecule has 78 valence electrons. The van der Waals surface area contributed by atoms with Crippen LogP contribution in [0.25, 0.3) is 0 Å². The van der Waals surface area contributed by atoms with Gasteiger partial charge >= 0.3 is 0 Å². The van der Waals surface area contributed by atoms with Gasteiger partial charge in [0.15, 0.2) is 0 Å². The van der Waals surface area contributed by atoms with Gasteiger partial charge < -0.3 is 0 Å². The van der Waals surface area contributed by atoms with Crippen molar-refractivity contribution in [1.29, 1.82) is 0 Å². The van der Waals surface area contributed by atoms with E-state index >= 15 is 0 Å². The van der Waals surface area contributed by atoms with E-state index in [0.717, 1.165) is 11.8 Å². The van der Waals surface area contributed by atoms with Crippen LogP contribution >= 0.6 is 11.6 Å². The van der Waals surface area contributed by atoms with Crippen LogP contribution in [0.1, 0.15) is 58.8 Å². The lowest BCUT2D eigenvalue weighted by molar-refractivity contribution is 0.350. The molecule has 0 saturated heterocycles. The molecule has 0 aromatic carbocycles. The van der Waals surface area contributed by atoms with Crippen LogP contribution in [0.3, 0.4) is 0 Å². The van der Waals surface area contributed by atoms with Gasteiger partial charge in [-0.15, -0.1) is 11.6 Å². The number of rotatable bonds is 3. The molecule has 0 nitrogen and oxygen atoms in total. The summed E-state index contributed by atoms with van der Waals surface area (Å²) in [5.41, 5.74) is 0. The van der Waals surface area contributed by atoms with Gasteiger partial charge in [-0.2, -0.15) is 0 Å². The van der Waals surface area contributed by atoms with Crippen molar-refractivity contribution < 1.29 is 0 Å². The van der Waals surface area contributed by atoms with Gasteiger partial charge in [-0.25, -0.2) is 0 Å². The zero-order valence-corrected chi connectivity index (χ0v) is 9.82. The summed E-state index contributed by atoms with van der Waals surface area (Å²) in [5, 5.41) is 0.469. The van der Waals surface area contributed by atoms with Crippen molar-refractivity contribution in [2.24, 2.45) is 11.8 Å². The van der Waals surface area contributed by atoms with Crippen LogP contribution in [0.2, 0.25) is 0 Å². The van der Waals surface area contributed by atoms with Crippen molar-refractivity contribution in [3.8, 4) is 0 Å². The lowest BCUT2D eigenvalue weighted by Gasteiger charge is -2.19. The van der Waals surface area contributed by atoms with E-state index in [1.165, 1.54) is 44.9 Å². The highest BCUT2D eigenvalue weighted by molar-refractivity contribution is 6.20. The number of hydrogen-bond donors (Lipinski definition) is 0. The van der Waals surface area contributed by atoms with Gasteiger partial charge in [-0.05, 0) is 31.1 Å². The SMILES string of the molecule is CCC(C)CC1CCCCC(Cl)C1. The maximum atomic E-state index is 6.24. The van der Waals surface area contributed by atoms with Crippen molar-refractivity contribution in [3.63, 3.8) is 0 Å². The third-order valence-electron chi connectivity index (χ3n) is 3.40. The minimum atomic E-state index is 0.469. The van der Waals surface area contributed by atoms with E-state index in [2.05, 4.69) is 13.8 Å². The largest absolute Gasteiger partial charge is 0.123 e. The van der Waals surface area contributed by atoms with Crippen LogP contribution in [-0.2, 0) is 0 Å². The lowest BCUT2D eigenvalue weighted by Crippen LogP contribution is -2.09. The molecule has 0 aromatic rings. The normalized spacial score (nSPS) is 32.5. The van der Waals surface area contributed by atoms with Crippen LogP contribution in [-0.4, -0.2) is 5.38 Å². The second kappa shape index (κ2) is 5.90. The Balaban J connectivity index is 2.30. The van der Waals surface area contributed by atoms with Gasteiger partial charge in [-0.1, -0.05) is 39.5 Å². The van der Waals surface area contributed by atoms with Gasteiger partial charge in [-0.3, -0.25) is 0 Å². The summed E-state index contributed by atoms with van der Waals surface area (Å²) in [7, 11) is 0. The Hall–Kier alpha value is 0.290. The van der Waals surface area contributed by atoms with Crippen LogP contribution in [0.15, 0.2) is 0 Å². The monoisotopic (exact) mass is 202 g/mol. The molecule has 0 N–H and O–H groups in total. The molecule has 0 heterocycles. The molecule has 1 aliphatic carbocycles. The highest BCUT2D eigenvalue weighted by Gasteiger charge is 2.19. The maximum Gasteiger partial charge on any atom is 0.0338 e. The summed E-state index contributed by atoms with van der Waals surface area (Å²) in [4.78, 5) is 0. The molecule has 0 spiro atoms. The quantitative estimate of drug-likeness (QED) is 0.463. The second-order valence-corrected chi connectivity index (χ2v) is 5.35. The molecule has 0 bridgehead atoms. The van der Waals surface area contributed by atoms with Gasteiger partial charge in [0.2, 0.25) is 0 Å². The van der Waals surface area contributed by atoms with Crippen LogP contribution in [0.5, 0.6) is 0 Å². The van der Waals surface area contributed by atoms with E-state index in [1.54, 1.807) is 0 Å². The molecule has 1 aliphatic rings. The van der Waals surface area contributed by atoms with Crippen molar-refractivity contribution in [2.75, 3.05) is 0 Å². The van der Waals surface area contributed by atoms with Crippen LogP contribution in [0.4, 0.5) is 0 Å². The van der Waals surface area contributed by atoms with Crippen molar-refractivity contribution in [3.05, 3.63) is 0 Å². The molecule has 0 radical (unpaired) electrons. The third kappa shape index (κ3) is 4.35. The van der Waals surface area contributed by atoms with E-state index in [1.807, 2.05) is 0 Å². The fraction of sp³-hybridized carbons (Fsp3) is 1.00. The van der Waals surface area contributed by atoms with E-state index in [-0.39, 0.29) is 0 Å². The molecule has 1 rings (SSSR count). The summed E-state index contributed by atoms with van der Waals surface area (Å²) in [6, 6.07) is 0. The summed E-state index contributed by atoms with van der Waals surface area (Å²) in [6.07, 6.45) is 9.43. The van der Waals surface area contributed by atoms with E-state index in [0.29, 0.717) is 5.38 Å². The zero-order valence-electron chi connectivity index (χ0n) is 9.06. The zero-order chi connectivity index (χ0) is 9.68. The molecular formula is C12H23Cl. The number of hydrogen-bond acceptors (Lipinski definition) is 0. The molecule has 1 fully saturated rings. The minimum Gasteiger partial charge on any atom is -0.123 e. The predicted molar refractivity (Wildman–Crippen MR) is 60.3 cm³/mol. The first-order chi connectivity index (χ1) is 6.22. The highest BCUT2D eigenvalue weighted by Crippen LogP contribution is 2.31. The molecule has 1 heteroatoms. The topological polar surface area (TPSA) is 0 Å². The first-order valence-corrected chi connectivity index (χ1v) is 6.30. The van der Waals surface area contributed by atoms with E-state index in [9.17, 15) is 0 Å². The molecule has 0 amide bonds. The highest BCUT2D eigenvalue weighted by atomic mass is 35.5. The predicted octanol–water partition coefficient (Wildman–Crippen LogP) is 4.61. The summed E-state index contributed by atoms with van der Waals surface area (Å²) >= 11 is 6.24. The van der Waals surface area contributed by atoms with E-state index < -0.39 is 0 Å². The molecule has 1 saturated carbocycles. The van der Waals surface area contributed by atoms with Crippen LogP contribution < -0.4 is 0 Å². The summed E-state index contributed by atoms with van der Waals surface area (Å²) in [6.45, 7) is 4.66. The average molecular weight is 203 g/mol. The molecular weight excluding hydrogens is 180 g/mol. The molecule has 13 heavy (non-hydrogen) atoms. The summed E-state index contributed by atoms with van der Waals surface area (Å²) in [5.74, 6) is 1.81. The van der Waals surface area contributed by atoms with Gasteiger partial charge in [0.05, 0.1) is 0 Å². The average Bonchev–Trinajstić information content (AvgIpc) is 2.30. The smallest absolute Gasteiger partial charge is 0.0338 e. The number of halogens is 1. The summed E-state index contributed by atoms with van der Waals surface area (Å²) < 4.78 is 0. The molecule has 0 aliphatic heterocycles. The maximum absolute atomic E-state index is 6.24. The molecule has 3 atom stereocenters. The standard InChI is InChI=1S/C12H23Cl/c1-3-10(2)8-11-6-4-5-7-12(13)9-11/h10-12H,3-9H2,1-2H3. The van der Waals surface area contributed by atoms with Gasteiger partial charge in [0.25, 0.3) is 0 Å². The minimum absolute atomic E-state index is 0.469. The Kier molecular flexibility index (Phi) is 5.16. The first-order valence-electron chi connectivity index (χ1n) is 5.86. The van der Waals surface area contributed by atoms with Crippen molar-refractivity contribution >= 4 is 11.6 Å². The first kappa shape index (κ1) is 11.4. The van der Waals surface area contributed by atoms with Gasteiger partial charge in [0, 0.05) is 5.38 Å². The Bertz CT molecular complexity index is 133. The Morgan fingerprint density at radius 2 is 2.00 bits per heavy atom.